The summed E-state index contributed by atoms with van der Waals surface area (Å²) in [6.07, 6.45) is -11.4. The molecule has 0 saturated heterocycles. The van der Waals surface area contributed by atoms with E-state index >= 15 is 4.39 Å². The predicted molar refractivity (Wildman–Crippen MR) is 98.1 cm³/mol. The second-order valence-corrected chi connectivity index (χ2v) is 6.69. The average molecular weight is 518 g/mol. The van der Waals surface area contributed by atoms with Crippen molar-refractivity contribution in [1.29, 1.82) is 0 Å². The Morgan fingerprint density at radius 1 is 0.543 bits per heavy atom. The van der Waals surface area contributed by atoms with Crippen LogP contribution in [0.4, 0.5) is 59.7 Å². The molecule has 0 amide bonds. The first kappa shape index (κ1) is 25.7. The molecular formula is C20H9F11N2O2. The van der Waals surface area contributed by atoms with E-state index in [9.17, 15) is 43.9 Å². The van der Waals surface area contributed by atoms with Crippen LogP contribution in [-0.2, 0) is 12.4 Å². The van der Waals surface area contributed by atoms with Crippen LogP contribution < -0.4 is 20.9 Å². The highest BCUT2D eigenvalue weighted by Gasteiger charge is 2.45. The topological polar surface area (TPSA) is 70.5 Å². The number of nitrogens with two attached hydrogens (primary N) is 2. The summed E-state index contributed by atoms with van der Waals surface area (Å²) in [6, 6.07) is 0.996. The van der Waals surface area contributed by atoms with Gasteiger partial charge < -0.3 is 20.9 Å². The van der Waals surface area contributed by atoms with E-state index in [2.05, 4.69) is 9.47 Å². The van der Waals surface area contributed by atoms with Gasteiger partial charge in [0.25, 0.3) is 0 Å². The van der Waals surface area contributed by atoms with Crippen molar-refractivity contribution in [2.75, 3.05) is 11.5 Å². The Morgan fingerprint density at radius 2 is 0.886 bits per heavy atom. The van der Waals surface area contributed by atoms with Crippen molar-refractivity contribution in [2.24, 2.45) is 0 Å². The van der Waals surface area contributed by atoms with Crippen molar-refractivity contribution >= 4 is 11.4 Å². The molecular weight excluding hydrogens is 509 g/mol. The molecule has 0 radical (unpaired) electrons. The first-order valence-electron chi connectivity index (χ1n) is 8.87. The van der Waals surface area contributed by atoms with Crippen LogP contribution in [0.3, 0.4) is 0 Å². The van der Waals surface area contributed by atoms with Gasteiger partial charge in [-0.25, -0.2) is 17.6 Å². The Balaban J connectivity index is 2.31. The smallest absolute Gasteiger partial charge is 0.420 e. The SMILES string of the molecule is Nc1c(F)ccc(Oc2c(C(F)(F)F)cc(C(F)(F)F)c(Oc3ccc(F)c(N)c3F)c2F)c1F. The molecule has 35 heavy (non-hydrogen) atoms. The normalized spacial score (nSPS) is 12.1. The van der Waals surface area contributed by atoms with Gasteiger partial charge >= 0.3 is 12.4 Å². The van der Waals surface area contributed by atoms with Crippen LogP contribution in [0.25, 0.3) is 0 Å². The van der Waals surface area contributed by atoms with Gasteiger partial charge in [-0.15, -0.1) is 0 Å². The van der Waals surface area contributed by atoms with Crippen molar-refractivity contribution in [1.82, 2.24) is 0 Å². The second-order valence-electron chi connectivity index (χ2n) is 6.69. The number of ether oxygens (including phenoxy) is 2. The van der Waals surface area contributed by atoms with Crippen LogP contribution in [-0.4, -0.2) is 0 Å². The predicted octanol–water partition coefficient (Wildman–Crippen LogP) is 7.17. The van der Waals surface area contributed by atoms with Crippen molar-refractivity contribution in [3.05, 3.63) is 70.5 Å². The molecule has 15 heteroatoms. The summed E-state index contributed by atoms with van der Waals surface area (Å²) in [5, 5.41) is 0. The standard InChI is InChI=1S/C20H9F11N2O2/c21-8-1-3-10(12(23)15(8)32)34-17-6(19(26,27)28)5-7(20(29,30)31)18(14(17)25)35-11-4-2-9(22)16(33)13(11)24/h1-5H,32-33H2. The van der Waals surface area contributed by atoms with Gasteiger partial charge in [0, 0.05) is 0 Å². The minimum atomic E-state index is -5.71. The Hall–Kier alpha value is -3.91. The Bertz CT molecular complexity index is 1210. The molecule has 0 aliphatic heterocycles. The molecule has 0 atom stereocenters. The zero-order valence-electron chi connectivity index (χ0n) is 16.5. The summed E-state index contributed by atoms with van der Waals surface area (Å²) < 4.78 is 160. The lowest BCUT2D eigenvalue weighted by Gasteiger charge is -2.21. The summed E-state index contributed by atoms with van der Waals surface area (Å²) in [7, 11) is 0. The van der Waals surface area contributed by atoms with E-state index in [1.54, 1.807) is 0 Å². The quantitative estimate of drug-likeness (QED) is 0.284. The fraction of sp³-hybridized carbons (Fsp3) is 0.100. The van der Waals surface area contributed by atoms with E-state index in [0.29, 0.717) is 24.3 Å². The lowest BCUT2D eigenvalue weighted by Crippen LogP contribution is -2.16. The maximum Gasteiger partial charge on any atom is 0.420 e. The van der Waals surface area contributed by atoms with E-state index in [-0.39, 0.29) is 0 Å². The monoisotopic (exact) mass is 518 g/mol. The number of rotatable bonds is 4. The van der Waals surface area contributed by atoms with Crippen LogP contribution in [0.5, 0.6) is 23.0 Å². The zero-order valence-corrected chi connectivity index (χ0v) is 16.5. The summed E-state index contributed by atoms with van der Waals surface area (Å²) in [4.78, 5) is 0. The first-order valence-corrected chi connectivity index (χ1v) is 8.87. The van der Waals surface area contributed by atoms with Crippen molar-refractivity contribution in [3.8, 4) is 23.0 Å². The third-order valence-electron chi connectivity index (χ3n) is 4.39. The van der Waals surface area contributed by atoms with Crippen LogP contribution >= 0.6 is 0 Å². The van der Waals surface area contributed by atoms with E-state index < -0.39 is 93.0 Å². The van der Waals surface area contributed by atoms with Gasteiger partial charge in [-0.2, -0.15) is 30.7 Å². The first-order chi connectivity index (χ1) is 16.0. The van der Waals surface area contributed by atoms with Crippen LogP contribution in [0.15, 0.2) is 30.3 Å². The highest BCUT2D eigenvalue weighted by atomic mass is 19.4. The Labute approximate surface area is 187 Å². The van der Waals surface area contributed by atoms with Crippen molar-refractivity contribution in [2.45, 2.75) is 12.4 Å². The molecule has 0 spiro atoms. The fourth-order valence-electron chi connectivity index (χ4n) is 2.71. The molecule has 188 valence electrons. The summed E-state index contributed by atoms with van der Waals surface area (Å²) >= 11 is 0. The maximum atomic E-state index is 15.1. The third-order valence-corrected chi connectivity index (χ3v) is 4.39. The highest BCUT2D eigenvalue weighted by molar-refractivity contribution is 5.56. The summed E-state index contributed by atoms with van der Waals surface area (Å²) in [5.41, 5.74) is 2.85. The fourth-order valence-corrected chi connectivity index (χ4v) is 2.71. The number of hydrogen-bond acceptors (Lipinski definition) is 4. The number of alkyl halides is 6. The van der Waals surface area contributed by atoms with Crippen molar-refractivity contribution in [3.63, 3.8) is 0 Å². The summed E-state index contributed by atoms with van der Waals surface area (Å²) in [5.74, 6) is -15.5. The van der Waals surface area contributed by atoms with E-state index in [1.807, 2.05) is 0 Å². The van der Waals surface area contributed by atoms with Crippen molar-refractivity contribution < 1.29 is 57.8 Å². The van der Waals surface area contributed by atoms with Gasteiger partial charge in [0.05, 0.1) is 0 Å². The second kappa shape index (κ2) is 8.70. The number of hydrogen-bond donors (Lipinski definition) is 2. The Morgan fingerprint density at radius 3 is 1.20 bits per heavy atom. The molecule has 0 aromatic heterocycles. The number of nitrogen functional groups attached to an aromatic ring is 2. The molecule has 3 aromatic rings. The molecule has 3 aromatic carbocycles. The molecule has 0 fully saturated rings. The zero-order chi connectivity index (χ0) is 26.5. The molecule has 0 unspecified atom stereocenters. The maximum absolute atomic E-state index is 15.1. The molecule has 3 rings (SSSR count). The van der Waals surface area contributed by atoms with Crippen LogP contribution in [0.2, 0.25) is 0 Å². The van der Waals surface area contributed by atoms with E-state index in [4.69, 9.17) is 11.5 Å². The molecule has 0 aliphatic carbocycles. The van der Waals surface area contributed by atoms with E-state index in [1.165, 1.54) is 0 Å². The number of benzene rings is 3. The molecule has 4 N–H and O–H groups in total. The van der Waals surface area contributed by atoms with Gasteiger partial charge in [0.1, 0.15) is 34.1 Å². The lowest BCUT2D eigenvalue weighted by molar-refractivity contribution is -0.144. The largest absolute Gasteiger partial charge is 0.450 e. The van der Waals surface area contributed by atoms with Crippen LogP contribution in [0.1, 0.15) is 11.1 Å². The Kier molecular flexibility index (Phi) is 6.39. The lowest BCUT2D eigenvalue weighted by atomic mass is 10.1. The highest BCUT2D eigenvalue weighted by Crippen LogP contribution is 2.50. The van der Waals surface area contributed by atoms with Gasteiger partial charge in [-0.1, -0.05) is 0 Å². The van der Waals surface area contributed by atoms with E-state index in [0.717, 1.165) is 0 Å². The molecule has 0 saturated carbocycles. The van der Waals surface area contributed by atoms with Gasteiger partial charge in [-0.3, -0.25) is 0 Å². The van der Waals surface area contributed by atoms with Gasteiger partial charge in [0.2, 0.25) is 5.82 Å². The number of halogens is 11. The molecule has 0 heterocycles. The molecule has 0 bridgehead atoms. The number of anilines is 2. The molecule has 4 nitrogen and oxygen atoms in total. The van der Waals surface area contributed by atoms with Crippen LogP contribution in [0, 0.1) is 29.1 Å². The minimum absolute atomic E-state index is 0.388. The van der Waals surface area contributed by atoms with Gasteiger partial charge in [0.15, 0.2) is 34.6 Å². The average Bonchev–Trinajstić information content (AvgIpc) is 2.75. The molecule has 0 aliphatic rings. The summed E-state index contributed by atoms with van der Waals surface area (Å²) in [6.45, 7) is 0. The third kappa shape index (κ3) is 4.83. The minimum Gasteiger partial charge on any atom is -0.450 e. The van der Waals surface area contributed by atoms with Gasteiger partial charge in [-0.05, 0) is 30.3 Å².